The van der Waals surface area contributed by atoms with Crippen LogP contribution in [0.1, 0.15) is 30.0 Å². The Bertz CT molecular complexity index is 1170. The number of benzene rings is 3. The van der Waals surface area contributed by atoms with Crippen molar-refractivity contribution in [3.05, 3.63) is 89.5 Å². The SMILES string of the molecule is CCOc1ccc(N(CC(=O)NCCCc2ccc(C)cc2)S(=O)(=O)c2ccc(C)cc2)cc1. The molecular weight excluding hydrogens is 448 g/mol. The Morgan fingerprint density at radius 1 is 0.882 bits per heavy atom. The normalized spacial score (nSPS) is 11.1. The van der Waals surface area contributed by atoms with Crippen LogP contribution in [0.4, 0.5) is 5.69 Å². The molecule has 34 heavy (non-hydrogen) atoms. The van der Waals surface area contributed by atoms with Crippen molar-refractivity contribution < 1.29 is 17.9 Å². The van der Waals surface area contributed by atoms with E-state index in [9.17, 15) is 13.2 Å². The Balaban J connectivity index is 1.71. The number of ether oxygens (including phenoxy) is 1. The molecule has 0 saturated heterocycles. The van der Waals surface area contributed by atoms with Gasteiger partial charge in [0.15, 0.2) is 0 Å². The lowest BCUT2D eigenvalue weighted by Gasteiger charge is -2.24. The average Bonchev–Trinajstić information content (AvgIpc) is 2.82. The fraction of sp³-hybridized carbons (Fsp3) is 0.296. The molecule has 3 aromatic rings. The number of nitrogens with one attached hydrogen (secondary N) is 1. The summed E-state index contributed by atoms with van der Waals surface area (Å²) in [5.74, 6) is 0.285. The second-order valence-electron chi connectivity index (χ2n) is 8.19. The summed E-state index contributed by atoms with van der Waals surface area (Å²) in [6.45, 7) is 6.49. The number of carbonyl (C=O) groups is 1. The van der Waals surface area contributed by atoms with Crippen molar-refractivity contribution >= 4 is 21.6 Å². The van der Waals surface area contributed by atoms with Crippen LogP contribution in [0.5, 0.6) is 5.75 Å². The number of sulfonamides is 1. The molecule has 180 valence electrons. The molecule has 0 heterocycles. The summed E-state index contributed by atoms with van der Waals surface area (Å²) in [6, 6.07) is 21.6. The van der Waals surface area contributed by atoms with Crippen LogP contribution in [0.3, 0.4) is 0 Å². The average molecular weight is 481 g/mol. The van der Waals surface area contributed by atoms with Crippen molar-refractivity contribution in [2.45, 2.75) is 38.5 Å². The quantitative estimate of drug-likeness (QED) is 0.406. The van der Waals surface area contributed by atoms with Crippen molar-refractivity contribution in [3.63, 3.8) is 0 Å². The minimum absolute atomic E-state index is 0.138. The van der Waals surface area contributed by atoms with E-state index in [2.05, 4.69) is 29.6 Å². The Labute approximate surface area is 202 Å². The van der Waals surface area contributed by atoms with E-state index in [1.165, 1.54) is 11.1 Å². The fourth-order valence-electron chi connectivity index (χ4n) is 3.49. The number of carbonyl (C=O) groups excluding carboxylic acids is 1. The third-order valence-corrected chi connectivity index (χ3v) is 7.20. The van der Waals surface area contributed by atoms with E-state index in [1.807, 2.05) is 20.8 Å². The number of rotatable bonds is 11. The summed E-state index contributed by atoms with van der Waals surface area (Å²) < 4.78 is 33.5. The van der Waals surface area contributed by atoms with Gasteiger partial charge in [-0.3, -0.25) is 9.10 Å². The van der Waals surface area contributed by atoms with Crippen LogP contribution in [-0.4, -0.2) is 34.0 Å². The molecule has 0 fully saturated rings. The monoisotopic (exact) mass is 480 g/mol. The first-order valence-electron chi connectivity index (χ1n) is 11.4. The van der Waals surface area contributed by atoms with Gasteiger partial charge < -0.3 is 10.1 Å². The van der Waals surface area contributed by atoms with E-state index in [0.29, 0.717) is 24.6 Å². The molecule has 0 atom stereocenters. The topological polar surface area (TPSA) is 75.7 Å². The molecular formula is C27H32N2O4S. The van der Waals surface area contributed by atoms with Gasteiger partial charge in [0.2, 0.25) is 5.91 Å². The summed E-state index contributed by atoms with van der Waals surface area (Å²) in [6.07, 6.45) is 1.60. The molecule has 3 rings (SSSR count). The van der Waals surface area contributed by atoms with Crippen LogP contribution < -0.4 is 14.4 Å². The maximum absolute atomic E-state index is 13.4. The van der Waals surface area contributed by atoms with Gasteiger partial charge in [-0.1, -0.05) is 47.5 Å². The van der Waals surface area contributed by atoms with Crippen molar-refractivity contribution in [2.75, 3.05) is 24.0 Å². The van der Waals surface area contributed by atoms with Crippen LogP contribution in [0.25, 0.3) is 0 Å². The number of aryl methyl sites for hydroxylation is 3. The summed E-state index contributed by atoms with van der Waals surface area (Å²) in [4.78, 5) is 12.9. The maximum atomic E-state index is 13.4. The first-order valence-corrected chi connectivity index (χ1v) is 12.9. The second kappa shape index (κ2) is 11.7. The smallest absolute Gasteiger partial charge is 0.264 e. The standard InChI is InChI=1S/C27H32N2O4S/c1-4-33-25-15-13-24(14-16-25)29(34(31,32)26-17-9-22(3)10-18-26)20-27(30)28-19-5-6-23-11-7-21(2)8-12-23/h7-18H,4-6,19-20H2,1-3H3,(H,28,30). The van der Waals surface area contributed by atoms with Gasteiger partial charge in [0.25, 0.3) is 10.0 Å². The van der Waals surface area contributed by atoms with Crippen LogP contribution in [0.15, 0.2) is 77.7 Å². The third-order valence-electron chi connectivity index (χ3n) is 5.42. The summed E-state index contributed by atoms with van der Waals surface area (Å²) in [5.41, 5.74) is 3.77. The minimum Gasteiger partial charge on any atom is -0.494 e. The van der Waals surface area contributed by atoms with Crippen LogP contribution in [0, 0.1) is 13.8 Å². The van der Waals surface area contributed by atoms with E-state index >= 15 is 0 Å². The van der Waals surface area contributed by atoms with Gasteiger partial charge in [0.05, 0.1) is 17.2 Å². The Kier molecular flexibility index (Phi) is 8.71. The Morgan fingerprint density at radius 2 is 1.47 bits per heavy atom. The summed E-state index contributed by atoms with van der Waals surface area (Å²) in [5, 5.41) is 2.86. The zero-order chi connectivity index (χ0) is 24.6. The predicted molar refractivity (Wildman–Crippen MR) is 136 cm³/mol. The van der Waals surface area contributed by atoms with Crippen molar-refractivity contribution in [2.24, 2.45) is 0 Å². The van der Waals surface area contributed by atoms with Gasteiger partial charge in [-0.15, -0.1) is 0 Å². The highest BCUT2D eigenvalue weighted by atomic mass is 32.2. The van der Waals surface area contributed by atoms with E-state index in [-0.39, 0.29) is 17.3 Å². The zero-order valence-electron chi connectivity index (χ0n) is 20.0. The highest BCUT2D eigenvalue weighted by Gasteiger charge is 2.27. The Morgan fingerprint density at radius 3 is 2.06 bits per heavy atom. The van der Waals surface area contributed by atoms with Crippen molar-refractivity contribution in [1.29, 1.82) is 0 Å². The molecule has 0 aliphatic carbocycles. The van der Waals surface area contributed by atoms with Gasteiger partial charge in [0.1, 0.15) is 12.3 Å². The number of anilines is 1. The van der Waals surface area contributed by atoms with E-state index in [1.54, 1.807) is 48.5 Å². The lowest BCUT2D eigenvalue weighted by atomic mass is 10.1. The van der Waals surface area contributed by atoms with Crippen LogP contribution in [0.2, 0.25) is 0 Å². The second-order valence-corrected chi connectivity index (χ2v) is 10.1. The lowest BCUT2D eigenvalue weighted by molar-refractivity contribution is -0.119. The third kappa shape index (κ3) is 6.84. The van der Waals surface area contributed by atoms with Crippen molar-refractivity contribution in [1.82, 2.24) is 5.32 Å². The Hall–Kier alpha value is -3.32. The van der Waals surface area contributed by atoms with Gasteiger partial charge in [-0.05, 0) is 75.6 Å². The molecule has 0 aliphatic rings. The number of hydrogen-bond acceptors (Lipinski definition) is 4. The number of hydrogen-bond donors (Lipinski definition) is 1. The first kappa shape index (κ1) is 25.3. The molecule has 7 heteroatoms. The van der Waals surface area contributed by atoms with Gasteiger partial charge in [-0.2, -0.15) is 0 Å². The highest BCUT2D eigenvalue weighted by molar-refractivity contribution is 7.92. The largest absolute Gasteiger partial charge is 0.494 e. The zero-order valence-corrected chi connectivity index (χ0v) is 20.8. The molecule has 0 saturated carbocycles. The van der Waals surface area contributed by atoms with E-state index < -0.39 is 10.0 Å². The molecule has 0 aliphatic heterocycles. The maximum Gasteiger partial charge on any atom is 0.264 e. The molecule has 0 aromatic heterocycles. The molecule has 1 N–H and O–H groups in total. The fourth-order valence-corrected chi connectivity index (χ4v) is 4.91. The number of amides is 1. The summed E-state index contributed by atoms with van der Waals surface area (Å²) in [7, 11) is -3.94. The molecule has 6 nitrogen and oxygen atoms in total. The van der Waals surface area contributed by atoms with E-state index in [4.69, 9.17) is 4.74 Å². The molecule has 0 radical (unpaired) electrons. The highest BCUT2D eigenvalue weighted by Crippen LogP contribution is 2.26. The van der Waals surface area contributed by atoms with Crippen LogP contribution >= 0.6 is 0 Å². The molecule has 0 bridgehead atoms. The van der Waals surface area contributed by atoms with Crippen molar-refractivity contribution in [3.8, 4) is 5.75 Å². The lowest BCUT2D eigenvalue weighted by Crippen LogP contribution is -2.41. The predicted octanol–water partition coefficient (Wildman–Crippen LogP) is 4.65. The number of nitrogens with zero attached hydrogens (tertiary/aromatic N) is 1. The van der Waals surface area contributed by atoms with Gasteiger partial charge >= 0.3 is 0 Å². The molecule has 3 aromatic carbocycles. The molecule has 1 amide bonds. The van der Waals surface area contributed by atoms with E-state index in [0.717, 1.165) is 22.7 Å². The first-order chi connectivity index (χ1) is 16.3. The summed E-state index contributed by atoms with van der Waals surface area (Å²) >= 11 is 0. The minimum atomic E-state index is -3.94. The molecule has 0 spiro atoms. The molecule has 0 unspecified atom stereocenters. The van der Waals surface area contributed by atoms with Gasteiger partial charge in [-0.25, -0.2) is 8.42 Å². The van der Waals surface area contributed by atoms with Crippen LogP contribution in [-0.2, 0) is 21.2 Å². The van der Waals surface area contributed by atoms with Gasteiger partial charge in [0, 0.05) is 6.54 Å².